The summed E-state index contributed by atoms with van der Waals surface area (Å²) in [6.45, 7) is 11.6. The number of nitrogens with zero attached hydrogens (tertiary/aromatic N) is 12. The Morgan fingerprint density at radius 3 is 2.59 bits per heavy atom. The number of para-hydroxylation sites is 1. The fraction of sp³-hybridized carbons (Fsp3) is 0.298. The van der Waals surface area contributed by atoms with Gasteiger partial charge in [-0.1, -0.05) is 30.8 Å². The SMILES string of the molecule is C=C(Cn1c(CNc2nc(N3CCNCC3)nc3c(Br)cnn23)nc2cc(C)ccc21)C(=O)Nc1cc(Nc2nccc(-c3cn(C)c4ccccc34)n2)c(OC)cc1N(C)CCN(C)C. The first kappa shape index (κ1) is 44.1. The van der Waals surface area contributed by atoms with E-state index in [4.69, 9.17) is 24.7 Å². The van der Waals surface area contributed by atoms with Crippen LogP contribution in [0.5, 0.6) is 5.75 Å². The number of aromatic nitrogens is 9. The zero-order valence-electron chi connectivity index (χ0n) is 37.9. The van der Waals surface area contributed by atoms with E-state index < -0.39 is 0 Å². The summed E-state index contributed by atoms with van der Waals surface area (Å²) in [5.41, 5.74) is 8.49. The largest absolute Gasteiger partial charge is 0.494 e. The highest BCUT2D eigenvalue weighted by Crippen LogP contribution is 2.39. The van der Waals surface area contributed by atoms with Crippen LogP contribution in [0.3, 0.4) is 0 Å². The molecule has 340 valence electrons. The number of piperazine rings is 1. The number of amides is 1. The van der Waals surface area contributed by atoms with E-state index in [0.717, 1.165) is 81.6 Å². The Morgan fingerprint density at radius 2 is 1.79 bits per heavy atom. The van der Waals surface area contributed by atoms with Crippen molar-refractivity contribution in [1.82, 2.24) is 53.9 Å². The Morgan fingerprint density at radius 1 is 0.970 bits per heavy atom. The van der Waals surface area contributed by atoms with Gasteiger partial charge < -0.3 is 49.8 Å². The molecule has 18 nitrogen and oxygen atoms in total. The number of imidazole rings is 1. The van der Waals surface area contributed by atoms with Gasteiger partial charge in [0.05, 0.1) is 64.7 Å². The summed E-state index contributed by atoms with van der Waals surface area (Å²) in [7, 11) is 9.69. The molecule has 1 amide bonds. The van der Waals surface area contributed by atoms with Gasteiger partial charge in [0.1, 0.15) is 11.6 Å². The molecule has 4 N–H and O–H groups in total. The van der Waals surface area contributed by atoms with Crippen molar-refractivity contribution in [3.05, 3.63) is 107 Å². The number of ether oxygens (including phenoxy) is 1. The van der Waals surface area contributed by atoms with Crippen LogP contribution in [0, 0.1) is 6.92 Å². The summed E-state index contributed by atoms with van der Waals surface area (Å²) in [5.74, 6) is 2.41. The highest BCUT2D eigenvalue weighted by Gasteiger charge is 2.23. The number of anilines is 6. The van der Waals surface area contributed by atoms with Crippen LogP contribution in [-0.2, 0) is 24.9 Å². The maximum atomic E-state index is 14.4. The first-order valence-corrected chi connectivity index (χ1v) is 22.5. The number of methoxy groups -OCH3 is 1. The number of rotatable bonds is 16. The predicted molar refractivity (Wildman–Crippen MR) is 265 cm³/mol. The maximum absolute atomic E-state index is 14.4. The first-order chi connectivity index (χ1) is 31.9. The molecule has 6 heterocycles. The predicted octanol–water partition coefficient (Wildman–Crippen LogP) is 6.46. The zero-order chi connectivity index (χ0) is 46.1. The summed E-state index contributed by atoms with van der Waals surface area (Å²) in [4.78, 5) is 45.1. The average molecular weight is 954 g/mol. The van der Waals surface area contributed by atoms with Crippen molar-refractivity contribution in [2.45, 2.75) is 20.0 Å². The van der Waals surface area contributed by atoms with Crippen LogP contribution in [0.4, 0.5) is 34.9 Å². The summed E-state index contributed by atoms with van der Waals surface area (Å²) < 4.78 is 12.5. The zero-order valence-corrected chi connectivity index (χ0v) is 39.5. The number of nitrogens with one attached hydrogen (secondary N) is 4. The molecule has 19 heteroatoms. The second-order valence-corrected chi connectivity index (χ2v) is 17.5. The number of hydrogen-bond acceptors (Lipinski definition) is 14. The maximum Gasteiger partial charge on any atom is 0.252 e. The van der Waals surface area contributed by atoms with Gasteiger partial charge in [-0.05, 0) is 72.8 Å². The average Bonchev–Trinajstić information content (AvgIpc) is 3.99. The topological polar surface area (TPSA) is 176 Å². The third kappa shape index (κ3) is 9.09. The van der Waals surface area contributed by atoms with Crippen LogP contribution in [0.2, 0.25) is 0 Å². The van der Waals surface area contributed by atoms with Crippen molar-refractivity contribution >= 4 is 84.3 Å². The highest BCUT2D eigenvalue weighted by atomic mass is 79.9. The number of carbonyl (C=O) groups is 1. The van der Waals surface area contributed by atoms with E-state index in [9.17, 15) is 4.79 Å². The molecular weight excluding hydrogens is 901 g/mol. The number of fused-ring (bicyclic) bond motifs is 3. The van der Waals surface area contributed by atoms with Gasteiger partial charge in [0.2, 0.25) is 17.8 Å². The smallest absolute Gasteiger partial charge is 0.252 e. The van der Waals surface area contributed by atoms with E-state index in [-0.39, 0.29) is 19.0 Å². The van der Waals surface area contributed by atoms with E-state index in [2.05, 4.69) is 91.5 Å². The van der Waals surface area contributed by atoms with E-state index in [1.54, 1.807) is 24.0 Å². The van der Waals surface area contributed by atoms with E-state index in [1.165, 1.54) is 0 Å². The van der Waals surface area contributed by atoms with Gasteiger partial charge >= 0.3 is 0 Å². The van der Waals surface area contributed by atoms with Crippen molar-refractivity contribution in [2.75, 3.05) is 93.3 Å². The molecule has 0 bridgehead atoms. The summed E-state index contributed by atoms with van der Waals surface area (Å²) in [6, 6.07) is 20.0. The van der Waals surface area contributed by atoms with Crippen molar-refractivity contribution in [3.63, 3.8) is 0 Å². The molecule has 1 saturated heterocycles. The molecule has 1 aliphatic heterocycles. The van der Waals surface area contributed by atoms with Crippen molar-refractivity contribution in [2.24, 2.45) is 7.05 Å². The lowest BCUT2D eigenvalue weighted by molar-refractivity contribution is -0.113. The monoisotopic (exact) mass is 952 g/mol. The molecule has 0 aliphatic carbocycles. The van der Waals surface area contributed by atoms with Crippen LogP contribution in [0.25, 0.3) is 38.8 Å². The quantitative estimate of drug-likeness (QED) is 0.0777. The number of hydrogen-bond donors (Lipinski definition) is 4. The standard InChI is InChI=1S/C47H53BrN16O2/c1-29-12-13-39-35(22-29)53-42(26-51-46-58-47(62-18-16-49-17-19-62)57-43-33(48)25-52-64(43)46)63(39)27-30(2)44(65)54-36-23-37(41(66-7)24-40(36)60(5)21-20-59(3)4)56-45-50-15-14-34(55-45)32-28-61(6)38-11-9-8-10-31(32)38/h8-15,22-25,28,49H,2,16-21,26-27H2,1,3-7H3,(H,54,65)(H,50,55,56)(H,51,57,58). The highest BCUT2D eigenvalue weighted by molar-refractivity contribution is 9.10. The number of benzene rings is 3. The Hall–Kier alpha value is -7.09. The van der Waals surface area contributed by atoms with Gasteiger partial charge in [-0.2, -0.15) is 19.6 Å². The summed E-state index contributed by atoms with van der Waals surface area (Å²) in [5, 5.41) is 19.1. The third-order valence-corrected chi connectivity index (χ3v) is 12.3. The van der Waals surface area contributed by atoms with E-state index >= 15 is 0 Å². The summed E-state index contributed by atoms with van der Waals surface area (Å²) >= 11 is 3.61. The molecule has 0 atom stereocenters. The number of carbonyl (C=O) groups excluding carboxylic acids is 1. The normalized spacial score (nSPS) is 12.9. The lowest BCUT2D eigenvalue weighted by Gasteiger charge is -2.27. The van der Waals surface area contributed by atoms with Crippen molar-refractivity contribution in [1.29, 1.82) is 0 Å². The van der Waals surface area contributed by atoms with Crippen LogP contribution in [0.1, 0.15) is 11.4 Å². The van der Waals surface area contributed by atoms with Crippen molar-refractivity contribution < 1.29 is 9.53 Å². The molecule has 66 heavy (non-hydrogen) atoms. The Labute approximate surface area is 390 Å². The van der Waals surface area contributed by atoms with E-state index in [1.807, 2.05) is 88.2 Å². The number of aryl methyl sites for hydroxylation is 2. The Balaban J connectivity index is 1.00. The fourth-order valence-corrected chi connectivity index (χ4v) is 8.50. The van der Waals surface area contributed by atoms with Gasteiger partial charge in [-0.3, -0.25) is 4.79 Å². The molecule has 1 fully saturated rings. The van der Waals surface area contributed by atoms with Crippen LogP contribution < -0.4 is 35.8 Å². The van der Waals surface area contributed by atoms with Crippen LogP contribution >= 0.6 is 15.9 Å². The number of halogens is 1. The van der Waals surface area contributed by atoms with Crippen LogP contribution in [0.15, 0.2) is 95.9 Å². The Kier molecular flexibility index (Phi) is 12.6. The molecule has 0 radical (unpaired) electrons. The van der Waals surface area contributed by atoms with Gasteiger partial charge in [-0.15, -0.1) is 0 Å². The first-order valence-electron chi connectivity index (χ1n) is 21.7. The fourth-order valence-electron chi connectivity index (χ4n) is 8.15. The molecule has 8 aromatic rings. The van der Waals surface area contributed by atoms with Gasteiger partial charge in [0, 0.05) is 93.9 Å². The lowest BCUT2D eigenvalue weighted by Crippen LogP contribution is -2.44. The minimum absolute atomic E-state index is 0.169. The second-order valence-electron chi connectivity index (χ2n) is 16.7. The molecule has 1 aliphatic rings. The molecular formula is C47H53BrN16O2. The van der Waals surface area contributed by atoms with E-state index in [0.29, 0.717) is 58.6 Å². The van der Waals surface area contributed by atoms with Gasteiger partial charge in [0.15, 0.2) is 5.65 Å². The van der Waals surface area contributed by atoms with Crippen LogP contribution in [-0.4, -0.2) is 122 Å². The Bertz CT molecular complexity index is 3100. The molecule has 5 aromatic heterocycles. The molecule has 9 rings (SSSR count). The lowest BCUT2D eigenvalue weighted by atomic mass is 10.1. The van der Waals surface area contributed by atoms with Gasteiger partial charge in [0.25, 0.3) is 5.91 Å². The van der Waals surface area contributed by atoms with Crippen molar-refractivity contribution in [3.8, 4) is 17.0 Å². The molecule has 0 spiro atoms. The third-order valence-electron chi connectivity index (χ3n) is 11.7. The molecule has 0 unspecified atom stereocenters. The molecule has 0 saturated carbocycles. The summed E-state index contributed by atoms with van der Waals surface area (Å²) in [6.07, 6.45) is 5.52. The minimum atomic E-state index is -0.352. The molecule has 3 aromatic carbocycles. The van der Waals surface area contributed by atoms with Gasteiger partial charge in [-0.25, -0.2) is 15.0 Å². The minimum Gasteiger partial charge on any atom is -0.494 e. The second kappa shape index (κ2) is 18.8. The number of likely N-dealkylation sites (N-methyl/N-ethyl adjacent to an activating group) is 2.